The molecular formula is C24H28N4O6S. The Balaban J connectivity index is 1.36. The lowest BCUT2D eigenvalue weighted by Crippen LogP contribution is -2.40. The molecule has 1 N–H and O–H groups in total. The number of nitrogens with zero attached hydrogens (tertiary/aromatic N) is 3. The summed E-state index contributed by atoms with van der Waals surface area (Å²) in [6, 6.07) is 12.4. The Morgan fingerprint density at radius 3 is 2.71 bits per heavy atom. The van der Waals surface area contributed by atoms with Crippen molar-refractivity contribution < 1.29 is 27.2 Å². The van der Waals surface area contributed by atoms with Crippen molar-refractivity contribution in [1.82, 2.24) is 19.8 Å². The summed E-state index contributed by atoms with van der Waals surface area (Å²) in [6.45, 7) is 3.44. The summed E-state index contributed by atoms with van der Waals surface area (Å²) in [5.41, 5.74) is 2.56. The Bertz CT molecular complexity index is 1280. The van der Waals surface area contributed by atoms with Crippen LogP contribution in [-0.2, 0) is 32.5 Å². The molecule has 0 atom stereocenters. The van der Waals surface area contributed by atoms with E-state index in [0.717, 1.165) is 11.1 Å². The summed E-state index contributed by atoms with van der Waals surface area (Å²) in [7, 11) is -2.14. The van der Waals surface area contributed by atoms with Crippen molar-refractivity contribution in [2.45, 2.75) is 31.2 Å². The van der Waals surface area contributed by atoms with Crippen LogP contribution in [0.15, 0.2) is 51.9 Å². The van der Waals surface area contributed by atoms with Crippen molar-refractivity contribution in [1.29, 1.82) is 0 Å². The fourth-order valence-electron chi connectivity index (χ4n) is 3.79. The van der Waals surface area contributed by atoms with Gasteiger partial charge in [-0.1, -0.05) is 28.9 Å². The highest BCUT2D eigenvalue weighted by Gasteiger charge is 2.27. The first-order valence-electron chi connectivity index (χ1n) is 11.3. The Hall–Kier alpha value is -3.28. The van der Waals surface area contributed by atoms with E-state index >= 15 is 0 Å². The molecule has 186 valence electrons. The van der Waals surface area contributed by atoms with Gasteiger partial charge in [0.05, 0.1) is 31.8 Å². The van der Waals surface area contributed by atoms with Gasteiger partial charge in [0.25, 0.3) is 0 Å². The third kappa shape index (κ3) is 6.05. The van der Waals surface area contributed by atoms with Crippen LogP contribution in [-0.4, -0.2) is 62.2 Å². The van der Waals surface area contributed by atoms with E-state index in [0.29, 0.717) is 55.8 Å². The summed E-state index contributed by atoms with van der Waals surface area (Å²) in [4.78, 5) is 17.0. The molecule has 0 saturated carbocycles. The SMILES string of the molecule is COc1ccc(S(=O)(=O)N2CCOCC2)cc1CCC(=O)NCc1nc(-c2cccc(C)c2)no1. The maximum Gasteiger partial charge on any atom is 0.246 e. The second kappa shape index (κ2) is 11.0. The number of amides is 1. The first kappa shape index (κ1) is 24.8. The number of nitrogens with one attached hydrogen (secondary N) is 1. The number of benzene rings is 2. The van der Waals surface area contributed by atoms with Gasteiger partial charge in [0.1, 0.15) is 5.75 Å². The lowest BCUT2D eigenvalue weighted by molar-refractivity contribution is -0.121. The van der Waals surface area contributed by atoms with Gasteiger partial charge in [-0.3, -0.25) is 4.79 Å². The van der Waals surface area contributed by atoms with Gasteiger partial charge >= 0.3 is 0 Å². The van der Waals surface area contributed by atoms with Gasteiger partial charge in [-0.2, -0.15) is 9.29 Å². The Morgan fingerprint density at radius 1 is 1.17 bits per heavy atom. The van der Waals surface area contributed by atoms with Crippen LogP contribution >= 0.6 is 0 Å². The molecule has 4 rings (SSSR count). The van der Waals surface area contributed by atoms with Crippen molar-refractivity contribution >= 4 is 15.9 Å². The molecule has 0 radical (unpaired) electrons. The molecule has 0 spiro atoms. The van der Waals surface area contributed by atoms with Crippen LogP contribution in [0, 0.1) is 6.92 Å². The van der Waals surface area contributed by atoms with E-state index in [-0.39, 0.29) is 23.8 Å². The molecule has 1 saturated heterocycles. The minimum absolute atomic E-state index is 0.0975. The summed E-state index contributed by atoms with van der Waals surface area (Å²) in [6.07, 6.45) is 0.441. The fraction of sp³-hybridized carbons (Fsp3) is 0.375. The molecule has 10 nitrogen and oxygen atoms in total. The van der Waals surface area contributed by atoms with E-state index in [1.807, 2.05) is 31.2 Å². The van der Waals surface area contributed by atoms with Gasteiger partial charge in [-0.25, -0.2) is 8.42 Å². The fourth-order valence-corrected chi connectivity index (χ4v) is 5.24. The Morgan fingerprint density at radius 2 is 1.97 bits per heavy atom. The summed E-state index contributed by atoms with van der Waals surface area (Å²) >= 11 is 0. The molecular weight excluding hydrogens is 472 g/mol. The zero-order valence-electron chi connectivity index (χ0n) is 19.7. The number of morpholine rings is 1. The molecule has 1 aliphatic rings. The van der Waals surface area contributed by atoms with E-state index in [1.54, 1.807) is 12.1 Å². The maximum atomic E-state index is 13.0. The first-order valence-corrected chi connectivity index (χ1v) is 12.7. The number of ether oxygens (including phenoxy) is 2. The molecule has 2 aromatic carbocycles. The number of carbonyl (C=O) groups is 1. The van der Waals surface area contributed by atoms with Crippen LogP contribution in [0.1, 0.15) is 23.4 Å². The molecule has 35 heavy (non-hydrogen) atoms. The predicted molar refractivity (Wildman–Crippen MR) is 127 cm³/mol. The molecule has 0 bridgehead atoms. The molecule has 1 aromatic heterocycles. The molecule has 1 aliphatic heterocycles. The number of aryl methyl sites for hydroxylation is 2. The van der Waals surface area contributed by atoms with E-state index < -0.39 is 10.0 Å². The number of methoxy groups -OCH3 is 1. The summed E-state index contributed by atoms with van der Waals surface area (Å²) < 4.78 is 43.3. The lowest BCUT2D eigenvalue weighted by atomic mass is 10.1. The van der Waals surface area contributed by atoms with Gasteiger partial charge in [0, 0.05) is 25.1 Å². The third-order valence-electron chi connectivity index (χ3n) is 5.66. The number of sulfonamides is 1. The molecule has 2 heterocycles. The third-order valence-corrected chi connectivity index (χ3v) is 7.56. The van der Waals surface area contributed by atoms with Gasteiger partial charge in [0.2, 0.25) is 27.6 Å². The Kier molecular flexibility index (Phi) is 7.79. The standard InChI is InChI=1S/C24H28N4O6S/c1-17-4-3-5-19(14-17)24-26-23(34-27-24)16-25-22(29)9-6-18-15-20(7-8-21(18)32-2)35(30,31)28-10-12-33-13-11-28/h3-5,7-8,14-15H,6,9-13,16H2,1-2H3,(H,25,29). The van der Waals surface area contributed by atoms with Gasteiger partial charge in [-0.15, -0.1) is 0 Å². The Labute approximate surface area is 204 Å². The van der Waals surface area contributed by atoms with Crippen molar-refractivity contribution in [3.05, 3.63) is 59.5 Å². The summed E-state index contributed by atoms with van der Waals surface area (Å²) in [5.74, 6) is 1.05. The van der Waals surface area contributed by atoms with Gasteiger partial charge in [-0.05, 0) is 43.2 Å². The predicted octanol–water partition coefficient (Wildman–Crippen LogP) is 2.32. The summed E-state index contributed by atoms with van der Waals surface area (Å²) in [5, 5.41) is 6.73. The van der Waals surface area contributed by atoms with E-state index in [9.17, 15) is 13.2 Å². The topological polar surface area (TPSA) is 124 Å². The van der Waals surface area contributed by atoms with Crippen LogP contribution in [0.3, 0.4) is 0 Å². The number of hydrogen-bond donors (Lipinski definition) is 1. The molecule has 0 aliphatic carbocycles. The second-order valence-corrected chi connectivity index (χ2v) is 10.1. The molecule has 1 fully saturated rings. The van der Waals surface area contributed by atoms with E-state index in [1.165, 1.54) is 17.5 Å². The highest BCUT2D eigenvalue weighted by Crippen LogP contribution is 2.26. The van der Waals surface area contributed by atoms with Crippen LogP contribution in [0.2, 0.25) is 0 Å². The van der Waals surface area contributed by atoms with Crippen molar-refractivity contribution in [3.8, 4) is 17.1 Å². The molecule has 0 unspecified atom stereocenters. The van der Waals surface area contributed by atoms with Crippen LogP contribution in [0.5, 0.6) is 5.75 Å². The first-order chi connectivity index (χ1) is 16.9. The average Bonchev–Trinajstić information content (AvgIpc) is 3.36. The number of carbonyl (C=O) groups excluding carboxylic acids is 1. The largest absolute Gasteiger partial charge is 0.496 e. The van der Waals surface area contributed by atoms with Crippen molar-refractivity contribution in [2.24, 2.45) is 0 Å². The van der Waals surface area contributed by atoms with Gasteiger partial charge < -0.3 is 19.3 Å². The minimum atomic E-state index is -3.65. The quantitative estimate of drug-likeness (QED) is 0.475. The van der Waals surface area contributed by atoms with E-state index in [4.69, 9.17) is 14.0 Å². The molecule has 1 amide bonds. The molecule has 3 aromatic rings. The molecule has 11 heteroatoms. The highest BCUT2D eigenvalue weighted by molar-refractivity contribution is 7.89. The van der Waals surface area contributed by atoms with Gasteiger partial charge in [0.15, 0.2) is 0 Å². The monoisotopic (exact) mass is 500 g/mol. The number of aromatic nitrogens is 2. The average molecular weight is 501 g/mol. The number of rotatable bonds is 9. The maximum absolute atomic E-state index is 13.0. The smallest absolute Gasteiger partial charge is 0.246 e. The van der Waals surface area contributed by atoms with E-state index in [2.05, 4.69) is 15.5 Å². The van der Waals surface area contributed by atoms with Crippen molar-refractivity contribution in [3.63, 3.8) is 0 Å². The van der Waals surface area contributed by atoms with Crippen LogP contribution in [0.25, 0.3) is 11.4 Å². The minimum Gasteiger partial charge on any atom is -0.496 e. The number of hydrogen-bond acceptors (Lipinski definition) is 8. The van der Waals surface area contributed by atoms with Crippen molar-refractivity contribution in [2.75, 3.05) is 33.4 Å². The van der Waals surface area contributed by atoms with Crippen LogP contribution in [0.4, 0.5) is 0 Å². The second-order valence-electron chi connectivity index (χ2n) is 8.15. The lowest BCUT2D eigenvalue weighted by Gasteiger charge is -2.26. The zero-order chi connectivity index (χ0) is 24.8. The normalized spacial score (nSPS) is 14.6. The van der Waals surface area contributed by atoms with Crippen LogP contribution < -0.4 is 10.1 Å². The highest BCUT2D eigenvalue weighted by atomic mass is 32.2. The zero-order valence-corrected chi connectivity index (χ0v) is 20.5.